The van der Waals surface area contributed by atoms with Crippen molar-refractivity contribution in [2.75, 3.05) is 13.2 Å². The van der Waals surface area contributed by atoms with Crippen molar-refractivity contribution in [2.24, 2.45) is 0 Å². The third kappa shape index (κ3) is 4.48. The smallest absolute Gasteiger partial charge is 0.378 e. The quantitative estimate of drug-likeness (QED) is 0.639. The molecule has 0 amide bonds. The zero-order valence-corrected chi connectivity index (χ0v) is 16.6. The van der Waals surface area contributed by atoms with Gasteiger partial charge in [0.15, 0.2) is 12.3 Å². The van der Waals surface area contributed by atoms with E-state index in [-0.39, 0.29) is 31.6 Å². The maximum atomic E-state index is 10.9. The average Bonchev–Trinajstić information content (AvgIpc) is 2.66. The molecule has 0 unspecified atom stereocenters. The van der Waals surface area contributed by atoms with E-state index in [0.29, 0.717) is 33.7 Å². The maximum absolute atomic E-state index is 10.9. The predicted octanol–water partition coefficient (Wildman–Crippen LogP) is 4.39. The van der Waals surface area contributed by atoms with Gasteiger partial charge in [-0.15, -0.1) is 0 Å². The molecule has 1 aliphatic heterocycles. The number of halogens is 2. The third-order valence-electron chi connectivity index (χ3n) is 4.24. The van der Waals surface area contributed by atoms with Gasteiger partial charge in [0.1, 0.15) is 18.3 Å². The minimum absolute atomic E-state index is 0.0658. The lowest BCUT2D eigenvalue weighted by Crippen LogP contribution is -2.29. The Morgan fingerprint density at radius 3 is 2.82 bits per heavy atom. The van der Waals surface area contributed by atoms with E-state index in [1.54, 1.807) is 30.5 Å². The Morgan fingerprint density at radius 1 is 1.39 bits per heavy atom. The Hall–Kier alpha value is -2.51. The molecule has 0 saturated carbocycles. The van der Waals surface area contributed by atoms with Gasteiger partial charge >= 0.3 is 11.9 Å². The van der Waals surface area contributed by atoms with Crippen LogP contribution in [0.3, 0.4) is 0 Å². The zero-order valence-electron chi connectivity index (χ0n) is 15.1. The Labute approximate surface area is 171 Å². The number of aliphatic hydroxyl groups is 1. The highest BCUT2D eigenvalue weighted by Gasteiger charge is 2.30. The summed E-state index contributed by atoms with van der Waals surface area (Å²) < 4.78 is 13.1. The van der Waals surface area contributed by atoms with E-state index >= 15 is 0 Å². The van der Waals surface area contributed by atoms with Gasteiger partial charge < -0.3 is 19.7 Å². The summed E-state index contributed by atoms with van der Waals surface area (Å²) in [6.07, 6.45) is 1.74. The molecular formula is C19H19Cl2N2O5+. The lowest BCUT2D eigenvalue weighted by Gasteiger charge is -2.20. The highest BCUT2D eigenvalue weighted by atomic mass is 35.5. The van der Waals surface area contributed by atoms with Gasteiger partial charge in [-0.3, -0.25) is 9.78 Å². The van der Waals surface area contributed by atoms with Gasteiger partial charge in [0.05, 0.1) is 15.7 Å². The fourth-order valence-electron chi connectivity index (χ4n) is 2.84. The molecule has 9 heteroatoms. The molecule has 7 nitrogen and oxygen atoms in total. The highest BCUT2D eigenvalue weighted by Crippen LogP contribution is 2.41. The van der Waals surface area contributed by atoms with E-state index in [1.807, 2.05) is 6.92 Å². The number of benzene rings is 1. The molecule has 2 heterocycles. The summed E-state index contributed by atoms with van der Waals surface area (Å²) in [6.45, 7) is 1.99. The Balaban J connectivity index is 1.88. The van der Waals surface area contributed by atoms with Gasteiger partial charge in [0, 0.05) is 18.3 Å². The van der Waals surface area contributed by atoms with Crippen LogP contribution in [0.5, 0.6) is 11.5 Å². The molecule has 2 N–H and O–H groups in total. The molecule has 2 aromatic rings. The first-order valence-corrected chi connectivity index (χ1v) is 9.43. The summed E-state index contributed by atoms with van der Waals surface area (Å²) in [5.74, 6) is -0.187. The SMILES string of the molecule is CC[C@@H](Oc1cc2c(cc1Cl)[N+](CCC(=O)O)=C(O)CO2)c1ccc(Cl)cn1. The van der Waals surface area contributed by atoms with Gasteiger partial charge in [0.25, 0.3) is 5.69 Å². The summed E-state index contributed by atoms with van der Waals surface area (Å²) in [5, 5.41) is 19.8. The van der Waals surface area contributed by atoms with Crippen molar-refractivity contribution < 1.29 is 29.1 Å². The highest BCUT2D eigenvalue weighted by molar-refractivity contribution is 6.32. The normalized spacial score (nSPS) is 14.2. The van der Waals surface area contributed by atoms with E-state index < -0.39 is 5.97 Å². The second-order valence-corrected chi connectivity index (χ2v) is 7.01. The number of carboxylic acid groups (broad SMARTS) is 1. The molecule has 1 atom stereocenters. The number of carboxylic acids is 1. The average molecular weight is 426 g/mol. The molecule has 0 fully saturated rings. The molecule has 148 valence electrons. The Kier molecular flexibility index (Phi) is 6.26. The van der Waals surface area contributed by atoms with Crippen LogP contribution >= 0.6 is 23.2 Å². The fourth-order valence-corrected chi connectivity index (χ4v) is 3.16. The topological polar surface area (TPSA) is 91.9 Å². The van der Waals surface area contributed by atoms with Crippen molar-refractivity contribution in [1.29, 1.82) is 0 Å². The first-order valence-electron chi connectivity index (χ1n) is 8.67. The molecule has 0 aliphatic carbocycles. The predicted molar refractivity (Wildman–Crippen MR) is 105 cm³/mol. The number of hydrogen-bond acceptors (Lipinski definition) is 4. The summed E-state index contributed by atoms with van der Waals surface area (Å²) >= 11 is 12.3. The van der Waals surface area contributed by atoms with Crippen LogP contribution in [0.2, 0.25) is 10.0 Å². The number of aliphatic hydroxyl groups excluding tert-OH is 1. The Bertz CT molecular complexity index is 915. The molecule has 1 aromatic carbocycles. The summed E-state index contributed by atoms with van der Waals surface area (Å²) in [6, 6.07) is 6.76. The number of aliphatic carboxylic acids is 1. The molecule has 0 radical (unpaired) electrons. The van der Waals surface area contributed by atoms with Crippen molar-refractivity contribution in [2.45, 2.75) is 25.9 Å². The number of carbonyl (C=O) groups is 1. The zero-order chi connectivity index (χ0) is 20.3. The van der Waals surface area contributed by atoms with Crippen molar-refractivity contribution in [1.82, 2.24) is 4.98 Å². The summed E-state index contributed by atoms with van der Waals surface area (Å²) in [5.41, 5.74) is 1.20. The van der Waals surface area contributed by atoms with Gasteiger partial charge in [-0.2, -0.15) is 4.58 Å². The summed E-state index contributed by atoms with van der Waals surface area (Å²) in [4.78, 5) is 15.2. The van der Waals surface area contributed by atoms with Crippen molar-refractivity contribution in [3.8, 4) is 11.5 Å². The minimum Gasteiger partial charge on any atom is -0.482 e. The van der Waals surface area contributed by atoms with Gasteiger partial charge in [-0.25, -0.2) is 0 Å². The van der Waals surface area contributed by atoms with Crippen molar-refractivity contribution >= 4 is 40.8 Å². The van der Waals surface area contributed by atoms with Crippen LogP contribution in [-0.4, -0.2) is 44.8 Å². The number of hydrogen-bond donors (Lipinski definition) is 2. The molecular weight excluding hydrogens is 407 g/mol. The van der Waals surface area contributed by atoms with Crippen molar-refractivity contribution in [3.05, 3.63) is 46.2 Å². The van der Waals surface area contributed by atoms with Crippen LogP contribution < -0.4 is 9.47 Å². The van der Waals surface area contributed by atoms with Crippen LogP contribution in [-0.2, 0) is 4.79 Å². The molecule has 1 aromatic heterocycles. The number of fused-ring (bicyclic) bond motifs is 1. The lowest BCUT2D eigenvalue weighted by atomic mass is 10.1. The maximum Gasteiger partial charge on any atom is 0.378 e. The van der Waals surface area contributed by atoms with Crippen LogP contribution in [0, 0.1) is 0 Å². The second-order valence-electron chi connectivity index (χ2n) is 6.17. The third-order valence-corrected chi connectivity index (χ3v) is 4.76. The van der Waals surface area contributed by atoms with Gasteiger partial charge in [-0.1, -0.05) is 30.1 Å². The van der Waals surface area contributed by atoms with Crippen LogP contribution in [0.15, 0.2) is 30.5 Å². The minimum atomic E-state index is -0.965. The largest absolute Gasteiger partial charge is 0.482 e. The van der Waals surface area contributed by atoms with Crippen LogP contribution in [0.1, 0.15) is 31.6 Å². The van der Waals surface area contributed by atoms with Crippen LogP contribution in [0.4, 0.5) is 5.69 Å². The van der Waals surface area contributed by atoms with Crippen LogP contribution in [0.25, 0.3) is 0 Å². The van der Waals surface area contributed by atoms with E-state index in [2.05, 4.69) is 4.98 Å². The fraction of sp³-hybridized carbons (Fsp3) is 0.316. The number of rotatable bonds is 7. The molecule has 0 saturated heterocycles. The monoisotopic (exact) mass is 425 g/mol. The molecule has 28 heavy (non-hydrogen) atoms. The van der Waals surface area contributed by atoms with Crippen molar-refractivity contribution in [3.63, 3.8) is 0 Å². The Morgan fingerprint density at radius 2 is 2.18 bits per heavy atom. The molecule has 1 aliphatic rings. The number of pyridine rings is 1. The van der Waals surface area contributed by atoms with E-state index in [9.17, 15) is 9.90 Å². The van der Waals surface area contributed by atoms with Gasteiger partial charge in [0.2, 0.25) is 6.61 Å². The van der Waals surface area contributed by atoms with E-state index in [4.69, 9.17) is 37.8 Å². The first-order chi connectivity index (χ1) is 13.4. The van der Waals surface area contributed by atoms with Gasteiger partial charge in [-0.05, 0) is 18.6 Å². The molecule has 0 spiro atoms. The second kappa shape index (κ2) is 8.67. The first kappa shape index (κ1) is 20.2. The number of nitrogens with zero attached hydrogens (tertiary/aromatic N) is 2. The molecule has 0 bridgehead atoms. The standard InChI is InChI=1S/C19H18Cl2N2O5/c1-2-15(13-4-3-11(20)9-22-13)28-16-8-17-14(7-12(16)21)23(6-5-19(25)26)18(24)10-27-17/h3-4,7-9,15H,2,5-6,10H2,1H3,(H,25,26)/p+1/t15-/m1/s1. The number of ether oxygens (including phenoxy) is 2. The van der Waals surface area contributed by atoms with E-state index in [1.165, 1.54) is 4.58 Å². The summed E-state index contributed by atoms with van der Waals surface area (Å²) in [7, 11) is 0. The number of aromatic nitrogens is 1. The molecule has 3 rings (SSSR count). The lowest BCUT2D eigenvalue weighted by molar-refractivity contribution is -0.455. The van der Waals surface area contributed by atoms with E-state index in [0.717, 1.165) is 5.69 Å².